The zero-order valence-electron chi connectivity index (χ0n) is 12.5. The second kappa shape index (κ2) is 7.87. The summed E-state index contributed by atoms with van der Waals surface area (Å²) in [4.78, 5) is 2.58. The van der Waals surface area contributed by atoms with Crippen LogP contribution in [0.15, 0.2) is 18.2 Å². The summed E-state index contributed by atoms with van der Waals surface area (Å²) in [6, 6.07) is 6.34. The Bertz CT molecular complexity index is 419. The highest BCUT2D eigenvalue weighted by Gasteiger charge is 2.16. The fourth-order valence-corrected chi connectivity index (χ4v) is 2.98. The van der Waals surface area contributed by atoms with Crippen LogP contribution in [-0.4, -0.2) is 37.7 Å². The number of halogens is 1. The van der Waals surface area contributed by atoms with Crippen molar-refractivity contribution in [3.63, 3.8) is 0 Å². The SMILES string of the molecule is COc1ccc(Cl)cc1CNCC(C)N1CCCCC1. The van der Waals surface area contributed by atoms with Crippen molar-refractivity contribution in [3.05, 3.63) is 28.8 Å². The van der Waals surface area contributed by atoms with Gasteiger partial charge in [-0.05, 0) is 51.1 Å². The lowest BCUT2D eigenvalue weighted by Gasteiger charge is -2.32. The Hall–Kier alpha value is -0.770. The molecule has 0 bridgehead atoms. The Morgan fingerprint density at radius 3 is 2.75 bits per heavy atom. The Morgan fingerprint density at radius 1 is 1.30 bits per heavy atom. The van der Waals surface area contributed by atoms with Gasteiger partial charge in [-0.3, -0.25) is 4.90 Å². The molecule has 1 aliphatic heterocycles. The van der Waals surface area contributed by atoms with Crippen LogP contribution in [0.2, 0.25) is 5.02 Å². The number of likely N-dealkylation sites (tertiary alicyclic amines) is 1. The average Bonchev–Trinajstić information content (AvgIpc) is 2.48. The average molecular weight is 297 g/mol. The maximum atomic E-state index is 6.05. The van der Waals surface area contributed by atoms with Gasteiger partial charge in [0, 0.05) is 29.7 Å². The fraction of sp³-hybridized carbons (Fsp3) is 0.625. The van der Waals surface area contributed by atoms with Gasteiger partial charge >= 0.3 is 0 Å². The van der Waals surface area contributed by atoms with Crippen molar-refractivity contribution in [1.29, 1.82) is 0 Å². The fourth-order valence-electron chi connectivity index (χ4n) is 2.79. The Balaban J connectivity index is 1.81. The van der Waals surface area contributed by atoms with Gasteiger partial charge < -0.3 is 10.1 Å². The standard InChI is InChI=1S/C16H25ClN2O/c1-13(19-8-4-3-5-9-19)11-18-12-14-10-15(17)6-7-16(14)20-2/h6-7,10,13,18H,3-5,8-9,11-12H2,1-2H3. The van der Waals surface area contributed by atoms with E-state index in [1.807, 2.05) is 18.2 Å². The summed E-state index contributed by atoms with van der Waals surface area (Å²) in [6.07, 6.45) is 4.06. The van der Waals surface area contributed by atoms with Gasteiger partial charge in [-0.2, -0.15) is 0 Å². The van der Waals surface area contributed by atoms with E-state index in [0.717, 1.165) is 29.4 Å². The van der Waals surface area contributed by atoms with Crippen molar-refractivity contribution >= 4 is 11.6 Å². The Labute approximate surface area is 127 Å². The first-order valence-electron chi connectivity index (χ1n) is 7.48. The first-order valence-corrected chi connectivity index (χ1v) is 7.85. The minimum absolute atomic E-state index is 0.584. The lowest BCUT2D eigenvalue weighted by atomic mass is 10.1. The van der Waals surface area contributed by atoms with Crippen molar-refractivity contribution in [2.45, 2.75) is 38.8 Å². The van der Waals surface area contributed by atoms with Crippen LogP contribution in [0.25, 0.3) is 0 Å². The molecule has 20 heavy (non-hydrogen) atoms. The third kappa shape index (κ3) is 4.37. The molecule has 0 aliphatic carbocycles. The van der Waals surface area contributed by atoms with E-state index in [-0.39, 0.29) is 0 Å². The largest absolute Gasteiger partial charge is 0.496 e. The van der Waals surface area contributed by atoms with Gasteiger partial charge in [-0.15, -0.1) is 0 Å². The summed E-state index contributed by atoms with van der Waals surface area (Å²) in [5.41, 5.74) is 1.12. The quantitative estimate of drug-likeness (QED) is 0.871. The summed E-state index contributed by atoms with van der Waals surface area (Å²) >= 11 is 6.05. The molecule has 0 amide bonds. The molecule has 0 aromatic heterocycles. The number of nitrogens with zero attached hydrogens (tertiary/aromatic N) is 1. The lowest BCUT2D eigenvalue weighted by molar-refractivity contribution is 0.170. The summed E-state index contributed by atoms with van der Waals surface area (Å²) in [5, 5.41) is 4.28. The van der Waals surface area contributed by atoms with Gasteiger partial charge in [0.15, 0.2) is 0 Å². The van der Waals surface area contributed by atoms with Crippen molar-refractivity contribution < 1.29 is 4.74 Å². The highest BCUT2D eigenvalue weighted by Crippen LogP contribution is 2.22. The molecule has 4 heteroatoms. The highest BCUT2D eigenvalue weighted by atomic mass is 35.5. The highest BCUT2D eigenvalue weighted by molar-refractivity contribution is 6.30. The van der Waals surface area contributed by atoms with Crippen LogP contribution in [0.1, 0.15) is 31.7 Å². The molecule has 3 nitrogen and oxygen atoms in total. The van der Waals surface area contributed by atoms with Crippen LogP contribution in [0.5, 0.6) is 5.75 Å². The van der Waals surface area contributed by atoms with Crippen LogP contribution < -0.4 is 10.1 Å². The van der Waals surface area contributed by atoms with Gasteiger partial charge in [-0.25, -0.2) is 0 Å². The van der Waals surface area contributed by atoms with Crippen molar-refractivity contribution in [3.8, 4) is 5.75 Å². The molecule has 1 aromatic carbocycles. The molecule has 2 rings (SSSR count). The molecule has 0 radical (unpaired) electrons. The summed E-state index contributed by atoms with van der Waals surface area (Å²) < 4.78 is 5.37. The number of piperidine rings is 1. The van der Waals surface area contributed by atoms with E-state index >= 15 is 0 Å². The van der Waals surface area contributed by atoms with Gasteiger partial charge in [0.2, 0.25) is 0 Å². The molecule has 112 valence electrons. The number of benzene rings is 1. The second-order valence-corrected chi connectivity index (χ2v) is 5.97. The molecular weight excluding hydrogens is 272 g/mol. The van der Waals surface area contributed by atoms with Crippen LogP contribution >= 0.6 is 11.6 Å². The van der Waals surface area contributed by atoms with E-state index in [4.69, 9.17) is 16.3 Å². The predicted octanol–water partition coefficient (Wildman–Crippen LogP) is 3.31. The van der Waals surface area contributed by atoms with Crippen LogP contribution in [-0.2, 0) is 6.54 Å². The van der Waals surface area contributed by atoms with Crippen LogP contribution in [0.3, 0.4) is 0 Å². The van der Waals surface area contributed by atoms with Gasteiger partial charge in [0.05, 0.1) is 7.11 Å². The third-order valence-corrected chi connectivity index (χ3v) is 4.25. The smallest absolute Gasteiger partial charge is 0.123 e. The first kappa shape index (κ1) is 15.6. The molecule has 1 heterocycles. The molecule has 0 spiro atoms. The first-order chi connectivity index (χ1) is 9.70. The number of ether oxygens (including phenoxy) is 1. The molecule has 1 atom stereocenters. The second-order valence-electron chi connectivity index (χ2n) is 5.53. The molecule has 1 aromatic rings. The minimum Gasteiger partial charge on any atom is -0.496 e. The third-order valence-electron chi connectivity index (χ3n) is 4.01. The number of rotatable bonds is 6. The van der Waals surface area contributed by atoms with Crippen molar-refractivity contribution in [2.24, 2.45) is 0 Å². The summed E-state index contributed by atoms with van der Waals surface area (Å²) in [5.74, 6) is 0.896. The van der Waals surface area contributed by atoms with Crippen LogP contribution in [0, 0.1) is 0 Å². The number of methoxy groups -OCH3 is 1. The molecule has 1 saturated heterocycles. The zero-order valence-corrected chi connectivity index (χ0v) is 13.2. The monoisotopic (exact) mass is 296 g/mol. The lowest BCUT2D eigenvalue weighted by Crippen LogP contribution is -2.42. The predicted molar refractivity (Wildman–Crippen MR) is 84.6 cm³/mol. The van der Waals surface area contributed by atoms with Gasteiger partial charge in [0.1, 0.15) is 5.75 Å². The van der Waals surface area contributed by atoms with Crippen molar-refractivity contribution in [2.75, 3.05) is 26.7 Å². The summed E-state index contributed by atoms with van der Waals surface area (Å²) in [7, 11) is 1.70. The summed E-state index contributed by atoms with van der Waals surface area (Å²) in [6.45, 7) is 6.57. The molecule has 1 unspecified atom stereocenters. The maximum Gasteiger partial charge on any atom is 0.123 e. The maximum absolute atomic E-state index is 6.05. The minimum atomic E-state index is 0.584. The zero-order chi connectivity index (χ0) is 14.4. The van der Waals surface area contributed by atoms with E-state index < -0.39 is 0 Å². The molecule has 1 fully saturated rings. The number of hydrogen-bond donors (Lipinski definition) is 1. The van der Waals surface area contributed by atoms with E-state index in [2.05, 4.69) is 17.1 Å². The molecule has 1 N–H and O–H groups in total. The number of hydrogen-bond acceptors (Lipinski definition) is 3. The van der Waals surface area contributed by atoms with Crippen molar-refractivity contribution in [1.82, 2.24) is 10.2 Å². The van der Waals surface area contributed by atoms with Gasteiger partial charge in [0.25, 0.3) is 0 Å². The van der Waals surface area contributed by atoms with E-state index in [1.54, 1.807) is 7.11 Å². The normalized spacial score (nSPS) is 17.9. The van der Waals surface area contributed by atoms with E-state index in [9.17, 15) is 0 Å². The van der Waals surface area contributed by atoms with Gasteiger partial charge in [-0.1, -0.05) is 18.0 Å². The van der Waals surface area contributed by atoms with E-state index in [0.29, 0.717) is 6.04 Å². The van der Waals surface area contributed by atoms with Crippen LogP contribution in [0.4, 0.5) is 0 Å². The van der Waals surface area contributed by atoms with E-state index in [1.165, 1.54) is 32.4 Å². The molecule has 0 saturated carbocycles. The number of nitrogens with one attached hydrogen (secondary N) is 1. The topological polar surface area (TPSA) is 24.5 Å². The Kier molecular flexibility index (Phi) is 6.14. The molecular formula is C16H25ClN2O. The molecule has 1 aliphatic rings. The Morgan fingerprint density at radius 2 is 2.05 bits per heavy atom.